The van der Waals surface area contributed by atoms with Crippen molar-refractivity contribution < 1.29 is 13.2 Å². The summed E-state index contributed by atoms with van der Waals surface area (Å²) in [5.41, 5.74) is 1.88. The van der Waals surface area contributed by atoms with Crippen LogP contribution in [0, 0.1) is 0 Å². The summed E-state index contributed by atoms with van der Waals surface area (Å²) in [6, 6.07) is 15.9. The van der Waals surface area contributed by atoms with Gasteiger partial charge in [0.25, 0.3) is 0 Å². The Kier molecular flexibility index (Phi) is 6.07. The van der Waals surface area contributed by atoms with Gasteiger partial charge in [0.2, 0.25) is 10.0 Å². The van der Waals surface area contributed by atoms with Gasteiger partial charge >= 0.3 is 0 Å². The van der Waals surface area contributed by atoms with Crippen LogP contribution in [0.3, 0.4) is 0 Å². The Morgan fingerprint density at radius 2 is 1.68 bits per heavy atom. The molecule has 0 unspecified atom stereocenters. The Morgan fingerprint density at radius 3 is 2.32 bits per heavy atom. The van der Waals surface area contributed by atoms with E-state index >= 15 is 0 Å². The predicted molar refractivity (Wildman–Crippen MR) is 108 cm³/mol. The first-order valence-electron chi connectivity index (χ1n) is 8.53. The molecule has 0 atom stereocenters. The average molecular weight is 399 g/mol. The lowest BCUT2D eigenvalue weighted by atomic mass is 10.1. The first kappa shape index (κ1) is 19.6. The first-order chi connectivity index (χ1) is 13.4. The zero-order valence-corrected chi connectivity index (χ0v) is 16.1. The molecule has 0 saturated heterocycles. The third-order valence-electron chi connectivity index (χ3n) is 4.00. The normalized spacial score (nSPS) is 11.1. The number of hydrogen-bond acceptors (Lipinski definition) is 7. The zero-order valence-electron chi connectivity index (χ0n) is 15.3. The van der Waals surface area contributed by atoms with Gasteiger partial charge in [-0.05, 0) is 48.4 Å². The fourth-order valence-electron chi connectivity index (χ4n) is 2.53. The molecule has 0 saturated carbocycles. The van der Waals surface area contributed by atoms with E-state index in [-0.39, 0.29) is 4.90 Å². The third-order valence-corrected chi connectivity index (χ3v) is 4.93. The Balaban J connectivity index is 1.55. The number of hydrogen-bond donors (Lipinski definition) is 3. The van der Waals surface area contributed by atoms with Crippen LogP contribution in [-0.2, 0) is 16.4 Å². The van der Waals surface area contributed by atoms with E-state index in [0.717, 1.165) is 17.0 Å². The predicted octanol–water partition coefficient (Wildman–Crippen LogP) is 2.53. The third kappa shape index (κ3) is 5.41. The highest BCUT2D eigenvalue weighted by molar-refractivity contribution is 7.89. The number of methoxy groups -OCH3 is 1. The summed E-state index contributed by atoms with van der Waals surface area (Å²) in [4.78, 5) is 8.53. The van der Waals surface area contributed by atoms with Gasteiger partial charge in [-0.2, -0.15) is 0 Å². The van der Waals surface area contributed by atoms with E-state index in [1.165, 1.54) is 18.5 Å². The fraction of sp³-hybridized carbons (Fsp3) is 0.158. The monoisotopic (exact) mass is 399 g/mol. The van der Waals surface area contributed by atoms with Gasteiger partial charge in [0.1, 0.15) is 23.7 Å². The molecule has 146 valence electrons. The molecule has 1 heterocycles. The molecule has 1 aromatic heterocycles. The van der Waals surface area contributed by atoms with Crippen molar-refractivity contribution in [1.29, 1.82) is 0 Å². The lowest BCUT2D eigenvalue weighted by Gasteiger charge is -2.09. The van der Waals surface area contributed by atoms with Crippen LogP contribution < -0.4 is 20.5 Å². The summed E-state index contributed by atoms with van der Waals surface area (Å²) in [6.07, 6.45) is 2.19. The summed E-state index contributed by atoms with van der Waals surface area (Å²) >= 11 is 0. The summed E-state index contributed by atoms with van der Waals surface area (Å²) in [5.74, 6) is 2.14. The number of nitrogens with two attached hydrogens (primary N) is 1. The van der Waals surface area contributed by atoms with E-state index in [1.54, 1.807) is 19.2 Å². The van der Waals surface area contributed by atoms with Crippen LogP contribution in [0.2, 0.25) is 0 Å². The molecule has 28 heavy (non-hydrogen) atoms. The minimum Gasteiger partial charge on any atom is -0.497 e. The fourth-order valence-corrected chi connectivity index (χ4v) is 3.04. The Bertz CT molecular complexity index is 1020. The number of ether oxygens (including phenoxy) is 1. The Morgan fingerprint density at radius 1 is 1.00 bits per heavy atom. The SMILES string of the molecule is COc1ccc(Nc2cc(NCCc3ccc(S(N)(=O)=O)cc3)ncn2)cc1. The van der Waals surface area contributed by atoms with Crippen LogP contribution in [0.4, 0.5) is 17.3 Å². The molecule has 9 heteroatoms. The topological polar surface area (TPSA) is 119 Å². The van der Waals surface area contributed by atoms with E-state index in [1.807, 2.05) is 30.3 Å². The highest BCUT2D eigenvalue weighted by Crippen LogP contribution is 2.19. The minimum atomic E-state index is -3.66. The maximum absolute atomic E-state index is 11.3. The smallest absolute Gasteiger partial charge is 0.238 e. The number of benzene rings is 2. The van der Waals surface area contributed by atoms with Gasteiger partial charge in [-0.15, -0.1) is 0 Å². The summed E-state index contributed by atoms with van der Waals surface area (Å²) < 4.78 is 27.7. The molecule has 4 N–H and O–H groups in total. The maximum Gasteiger partial charge on any atom is 0.238 e. The molecule has 3 rings (SSSR count). The van der Waals surface area contributed by atoms with Gasteiger partial charge in [0, 0.05) is 18.3 Å². The van der Waals surface area contributed by atoms with Gasteiger partial charge in [0.15, 0.2) is 0 Å². The number of sulfonamides is 1. The van der Waals surface area contributed by atoms with Crippen LogP contribution in [0.1, 0.15) is 5.56 Å². The van der Waals surface area contributed by atoms with Crippen LogP contribution >= 0.6 is 0 Å². The van der Waals surface area contributed by atoms with Crippen molar-refractivity contribution in [3.63, 3.8) is 0 Å². The molecule has 0 aliphatic rings. The number of nitrogens with one attached hydrogen (secondary N) is 2. The highest BCUT2D eigenvalue weighted by atomic mass is 32.2. The van der Waals surface area contributed by atoms with Crippen LogP contribution in [-0.4, -0.2) is 32.0 Å². The van der Waals surface area contributed by atoms with Crippen molar-refractivity contribution in [1.82, 2.24) is 9.97 Å². The van der Waals surface area contributed by atoms with Gasteiger partial charge in [0.05, 0.1) is 12.0 Å². The molecule has 0 radical (unpaired) electrons. The number of aromatic nitrogens is 2. The van der Waals surface area contributed by atoms with Crippen molar-refractivity contribution in [3.05, 3.63) is 66.5 Å². The molecular weight excluding hydrogens is 378 g/mol. The van der Waals surface area contributed by atoms with E-state index < -0.39 is 10.0 Å². The quantitative estimate of drug-likeness (QED) is 0.532. The average Bonchev–Trinajstić information content (AvgIpc) is 2.69. The van der Waals surface area contributed by atoms with E-state index in [9.17, 15) is 8.42 Å². The molecule has 3 aromatic rings. The van der Waals surface area contributed by atoms with Gasteiger partial charge in [-0.1, -0.05) is 12.1 Å². The summed E-state index contributed by atoms with van der Waals surface area (Å²) in [7, 11) is -2.04. The van der Waals surface area contributed by atoms with E-state index in [0.29, 0.717) is 24.6 Å². The Labute approximate surface area is 163 Å². The number of primary sulfonamides is 1. The van der Waals surface area contributed by atoms with Crippen molar-refractivity contribution in [3.8, 4) is 5.75 Å². The summed E-state index contributed by atoms with van der Waals surface area (Å²) in [6.45, 7) is 0.633. The maximum atomic E-state index is 11.3. The lowest BCUT2D eigenvalue weighted by molar-refractivity contribution is 0.415. The lowest BCUT2D eigenvalue weighted by Crippen LogP contribution is -2.12. The molecular formula is C19H21N5O3S. The van der Waals surface area contributed by atoms with Crippen molar-refractivity contribution in [2.45, 2.75) is 11.3 Å². The first-order valence-corrected chi connectivity index (χ1v) is 10.1. The van der Waals surface area contributed by atoms with Crippen molar-refractivity contribution in [2.75, 3.05) is 24.3 Å². The van der Waals surface area contributed by atoms with E-state index in [4.69, 9.17) is 9.88 Å². The molecule has 0 amide bonds. The standard InChI is InChI=1S/C19H21N5O3S/c1-27-16-6-4-15(5-7-16)24-19-12-18(22-13-23-19)21-11-10-14-2-8-17(9-3-14)28(20,25)26/h2-9,12-13H,10-11H2,1H3,(H2,20,25,26)(H2,21,22,23,24). The van der Waals surface area contributed by atoms with Gasteiger partial charge < -0.3 is 15.4 Å². The zero-order chi connectivity index (χ0) is 20.0. The van der Waals surface area contributed by atoms with Gasteiger partial charge in [-0.25, -0.2) is 23.5 Å². The van der Waals surface area contributed by atoms with E-state index in [2.05, 4.69) is 20.6 Å². The van der Waals surface area contributed by atoms with Crippen LogP contribution in [0.25, 0.3) is 0 Å². The molecule has 0 aliphatic carbocycles. The van der Waals surface area contributed by atoms with Crippen molar-refractivity contribution in [2.24, 2.45) is 5.14 Å². The molecule has 2 aromatic carbocycles. The number of anilines is 3. The largest absolute Gasteiger partial charge is 0.497 e. The number of rotatable bonds is 8. The molecule has 8 nitrogen and oxygen atoms in total. The highest BCUT2D eigenvalue weighted by Gasteiger charge is 2.06. The number of nitrogens with zero attached hydrogens (tertiary/aromatic N) is 2. The minimum absolute atomic E-state index is 0.106. The molecule has 0 spiro atoms. The van der Waals surface area contributed by atoms with Crippen LogP contribution in [0.15, 0.2) is 65.8 Å². The second-order valence-electron chi connectivity index (χ2n) is 6.01. The van der Waals surface area contributed by atoms with Crippen LogP contribution in [0.5, 0.6) is 5.75 Å². The van der Waals surface area contributed by atoms with Crippen molar-refractivity contribution >= 4 is 27.3 Å². The molecule has 0 bridgehead atoms. The second-order valence-corrected chi connectivity index (χ2v) is 7.57. The summed E-state index contributed by atoms with van der Waals surface area (Å²) in [5, 5.41) is 11.5. The molecule has 0 fully saturated rings. The Hall–Kier alpha value is -3.17. The molecule has 0 aliphatic heterocycles. The second kappa shape index (κ2) is 8.68. The van der Waals surface area contributed by atoms with Gasteiger partial charge in [-0.3, -0.25) is 0 Å².